The van der Waals surface area contributed by atoms with E-state index in [1.165, 1.54) is 103 Å². The van der Waals surface area contributed by atoms with Gasteiger partial charge < -0.3 is 15.4 Å². The molecule has 0 saturated carbocycles. The molecule has 1 heterocycles. The van der Waals surface area contributed by atoms with Crippen LogP contribution in [0.4, 0.5) is 4.79 Å². The third-order valence-electron chi connectivity index (χ3n) is 8.11. The molecular formula is C29H54N2O2. The number of rotatable bonds is 12. The topological polar surface area (TPSA) is 55.6 Å². The molecule has 4 atom stereocenters. The summed E-state index contributed by atoms with van der Waals surface area (Å²) in [4.78, 5) is 14.0. The molecule has 2 aliphatic rings. The fraction of sp³-hybridized carbons (Fsp3) is 0.897. The van der Waals surface area contributed by atoms with E-state index < -0.39 is 0 Å². The number of hydrogen-bond donors (Lipinski definition) is 1. The Balaban J connectivity index is 1.68. The van der Waals surface area contributed by atoms with Crippen molar-refractivity contribution in [3.8, 4) is 0 Å². The molecule has 33 heavy (non-hydrogen) atoms. The van der Waals surface area contributed by atoms with Crippen LogP contribution in [0.1, 0.15) is 129 Å². The van der Waals surface area contributed by atoms with Gasteiger partial charge in [0.15, 0.2) is 0 Å². The highest BCUT2D eigenvalue weighted by Crippen LogP contribution is 2.30. The quantitative estimate of drug-likeness (QED) is 0.236. The van der Waals surface area contributed by atoms with Crippen LogP contribution in [0.5, 0.6) is 0 Å². The van der Waals surface area contributed by atoms with E-state index >= 15 is 0 Å². The Hall–Kier alpha value is -1.03. The molecule has 4 heteroatoms. The van der Waals surface area contributed by atoms with Gasteiger partial charge in [0, 0.05) is 12.6 Å². The highest BCUT2D eigenvalue weighted by Gasteiger charge is 2.34. The fourth-order valence-corrected chi connectivity index (χ4v) is 5.87. The zero-order chi connectivity index (χ0) is 23.7. The molecule has 2 rings (SSSR count). The summed E-state index contributed by atoms with van der Waals surface area (Å²) in [5, 5.41) is 0. The minimum Gasteiger partial charge on any atom is -0.443 e. The van der Waals surface area contributed by atoms with Crippen molar-refractivity contribution in [3.63, 3.8) is 0 Å². The lowest BCUT2D eigenvalue weighted by molar-refractivity contribution is 0.128. The minimum atomic E-state index is -0.163. The van der Waals surface area contributed by atoms with Gasteiger partial charge in [0.25, 0.3) is 0 Å². The molecule has 2 N–H and O–H groups in total. The van der Waals surface area contributed by atoms with Crippen molar-refractivity contribution < 1.29 is 9.53 Å². The second-order valence-corrected chi connectivity index (χ2v) is 10.6. The summed E-state index contributed by atoms with van der Waals surface area (Å²) in [6, 6.07) is 0.308. The predicted molar refractivity (Wildman–Crippen MR) is 140 cm³/mol. The molecular weight excluding hydrogens is 408 g/mol. The number of nitrogens with zero attached hydrogens (tertiary/aromatic N) is 1. The summed E-state index contributed by atoms with van der Waals surface area (Å²) >= 11 is 0. The van der Waals surface area contributed by atoms with Gasteiger partial charge in [0.2, 0.25) is 0 Å². The monoisotopic (exact) mass is 462 g/mol. The SMILES string of the molecule is CCC(CCCCCC[C@@H](CC)N1CC(CN)OC1=O)C1/C=C\CCCCCCCCCC1. The summed E-state index contributed by atoms with van der Waals surface area (Å²) in [6.07, 6.45) is 28.8. The Kier molecular flexibility index (Phi) is 14.9. The number of amides is 1. The van der Waals surface area contributed by atoms with Crippen molar-refractivity contribution in [2.75, 3.05) is 13.1 Å². The van der Waals surface area contributed by atoms with E-state index in [0.717, 1.165) is 24.7 Å². The Labute approximate surface area is 205 Å². The van der Waals surface area contributed by atoms with E-state index in [2.05, 4.69) is 26.0 Å². The molecule has 1 amide bonds. The maximum Gasteiger partial charge on any atom is 0.410 e. The maximum atomic E-state index is 12.1. The van der Waals surface area contributed by atoms with E-state index in [1.807, 2.05) is 4.90 Å². The third kappa shape index (κ3) is 10.8. The zero-order valence-electron chi connectivity index (χ0n) is 21.9. The molecule has 0 spiro atoms. The van der Waals surface area contributed by atoms with E-state index in [0.29, 0.717) is 19.1 Å². The number of carbonyl (C=O) groups excluding carboxylic acids is 1. The molecule has 1 saturated heterocycles. The van der Waals surface area contributed by atoms with Crippen LogP contribution in [0.3, 0.4) is 0 Å². The molecule has 0 aromatic carbocycles. The van der Waals surface area contributed by atoms with Gasteiger partial charge in [-0.05, 0) is 50.4 Å². The molecule has 1 aliphatic heterocycles. The summed E-state index contributed by atoms with van der Waals surface area (Å²) in [7, 11) is 0. The van der Waals surface area contributed by atoms with Crippen molar-refractivity contribution in [2.45, 2.75) is 142 Å². The van der Waals surface area contributed by atoms with Gasteiger partial charge in [-0.25, -0.2) is 4.79 Å². The Morgan fingerprint density at radius 3 is 2.24 bits per heavy atom. The van der Waals surface area contributed by atoms with Crippen molar-refractivity contribution in [3.05, 3.63) is 12.2 Å². The van der Waals surface area contributed by atoms with Crippen molar-refractivity contribution in [1.82, 2.24) is 4.90 Å². The molecule has 0 aromatic heterocycles. The van der Waals surface area contributed by atoms with Crippen LogP contribution in [0.15, 0.2) is 12.2 Å². The van der Waals surface area contributed by atoms with Crippen LogP contribution in [0, 0.1) is 11.8 Å². The number of allylic oxidation sites excluding steroid dienone is 2. The van der Waals surface area contributed by atoms with Crippen LogP contribution >= 0.6 is 0 Å². The van der Waals surface area contributed by atoms with E-state index in [1.54, 1.807) is 0 Å². The normalized spacial score (nSPS) is 26.0. The van der Waals surface area contributed by atoms with E-state index in [9.17, 15) is 4.79 Å². The Morgan fingerprint density at radius 1 is 0.939 bits per heavy atom. The average Bonchev–Trinajstić information content (AvgIpc) is 3.21. The molecule has 0 bridgehead atoms. The van der Waals surface area contributed by atoms with Gasteiger partial charge in [0.05, 0.1) is 6.54 Å². The second kappa shape index (κ2) is 17.4. The first-order valence-corrected chi connectivity index (χ1v) is 14.5. The fourth-order valence-electron chi connectivity index (χ4n) is 5.87. The van der Waals surface area contributed by atoms with E-state index in [4.69, 9.17) is 10.5 Å². The predicted octanol–water partition coefficient (Wildman–Crippen LogP) is 8.00. The largest absolute Gasteiger partial charge is 0.443 e. The lowest BCUT2D eigenvalue weighted by Crippen LogP contribution is -2.36. The van der Waals surface area contributed by atoms with Gasteiger partial charge in [-0.1, -0.05) is 103 Å². The molecule has 0 aromatic rings. The smallest absolute Gasteiger partial charge is 0.410 e. The molecule has 1 fully saturated rings. The van der Waals surface area contributed by atoms with Crippen LogP contribution < -0.4 is 5.73 Å². The molecule has 0 radical (unpaired) electrons. The highest BCUT2D eigenvalue weighted by atomic mass is 16.6. The van der Waals surface area contributed by atoms with Gasteiger partial charge in [0.1, 0.15) is 6.10 Å². The standard InChI is InChI=1S/C29H54N2O2/c1-3-25(26-20-16-11-9-7-5-6-8-10-12-17-21-26)19-15-13-14-18-22-27(4-2)31-24-28(23-30)33-29(31)32/h16,20,25-28H,3-15,17-19,21-24,30H2,1-2H3/b20-16-/t25?,26?,27-,28?/m1/s1. The second-order valence-electron chi connectivity index (χ2n) is 10.6. The first kappa shape index (κ1) is 28.2. The van der Waals surface area contributed by atoms with Crippen LogP contribution in [0.25, 0.3) is 0 Å². The lowest BCUT2D eigenvalue weighted by Gasteiger charge is -2.25. The van der Waals surface area contributed by atoms with Gasteiger partial charge >= 0.3 is 6.09 Å². The van der Waals surface area contributed by atoms with Crippen molar-refractivity contribution >= 4 is 6.09 Å². The summed E-state index contributed by atoms with van der Waals surface area (Å²) in [5.41, 5.74) is 5.69. The summed E-state index contributed by atoms with van der Waals surface area (Å²) in [5.74, 6) is 1.64. The average molecular weight is 463 g/mol. The van der Waals surface area contributed by atoms with Gasteiger partial charge in [-0.2, -0.15) is 0 Å². The zero-order valence-corrected chi connectivity index (χ0v) is 21.9. The number of nitrogens with two attached hydrogens (primary N) is 1. The summed E-state index contributed by atoms with van der Waals surface area (Å²) < 4.78 is 5.35. The van der Waals surface area contributed by atoms with Gasteiger partial charge in [-0.3, -0.25) is 0 Å². The Bertz CT molecular complexity index is 536. The number of cyclic esters (lactones) is 1. The summed E-state index contributed by atoms with van der Waals surface area (Å²) in [6.45, 7) is 5.67. The maximum absolute atomic E-state index is 12.1. The molecule has 192 valence electrons. The third-order valence-corrected chi connectivity index (χ3v) is 8.11. The Morgan fingerprint density at radius 2 is 1.61 bits per heavy atom. The molecule has 1 aliphatic carbocycles. The first-order valence-electron chi connectivity index (χ1n) is 14.5. The van der Waals surface area contributed by atoms with Crippen LogP contribution in [-0.2, 0) is 4.74 Å². The minimum absolute atomic E-state index is 0.119. The molecule has 3 unspecified atom stereocenters. The van der Waals surface area contributed by atoms with Gasteiger partial charge in [-0.15, -0.1) is 0 Å². The molecule has 4 nitrogen and oxygen atoms in total. The number of carbonyl (C=O) groups is 1. The first-order chi connectivity index (χ1) is 16.2. The highest BCUT2D eigenvalue weighted by molar-refractivity contribution is 5.70. The number of hydrogen-bond acceptors (Lipinski definition) is 3. The van der Waals surface area contributed by atoms with Crippen molar-refractivity contribution in [2.24, 2.45) is 17.6 Å². The number of unbranched alkanes of at least 4 members (excludes halogenated alkanes) is 3. The van der Waals surface area contributed by atoms with Crippen LogP contribution in [-0.4, -0.2) is 36.2 Å². The lowest BCUT2D eigenvalue weighted by atomic mass is 9.82. The van der Waals surface area contributed by atoms with E-state index in [-0.39, 0.29) is 12.2 Å². The number of ether oxygens (including phenoxy) is 1. The van der Waals surface area contributed by atoms with Crippen molar-refractivity contribution in [1.29, 1.82) is 0 Å². The van der Waals surface area contributed by atoms with Crippen LogP contribution in [0.2, 0.25) is 0 Å².